The van der Waals surface area contributed by atoms with Crippen molar-refractivity contribution in [2.75, 3.05) is 18.4 Å². The first kappa shape index (κ1) is 27.3. The Labute approximate surface area is 238 Å². The average Bonchev–Trinajstić information content (AvgIpc) is 3.63. The smallest absolute Gasteiger partial charge is 0.406 e. The van der Waals surface area contributed by atoms with Crippen LogP contribution in [0.4, 0.5) is 19.4 Å². The van der Waals surface area contributed by atoms with Gasteiger partial charge >= 0.3 is 11.8 Å². The molecule has 1 aliphatic rings. The van der Waals surface area contributed by atoms with E-state index >= 15 is 0 Å². The number of pyridine rings is 1. The van der Waals surface area contributed by atoms with Gasteiger partial charge in [-0.25, -0.2) is 28.0 Å². The third-order valence-corrected chi connectivity index (χ3v) is 7.22. The van der Waals surface area contributed by atoms with Gasteiger partial charge in [-0.3, -0.25) is 14.7 Å². The normalized spacial score (nSPS) is 17.2. The number of anilines is 1. The number of hydrogen-bond donors (Lipinski definition) is 2. The van der Waals surface area contributed by atoms with Crippen LogP contribution in [0.5, 0.6) is 0 Å². The number of carbonyl (C=O) groups excluding carboxylic acids is 1. The second-order valence-corrected chi connectivity index (χ2v) is 9.93. The van der Waals surface area contributed by atoms with Gasteiger partial charge in [0.1, 0.15) is 11.9 Å². The Bertz CT molecular complexity index is 1850. The molecule has 2 atom stereocenters. The summed E-state index contributed by atoms with van der Waals surface area (Å²) in [4.78, 5) is 35.7. The van der Waals surface area contributed by atoms with Crippen molar-refractivity contribution in [3.05, 3.63) is 94.1 Å². The fraction of sp³-hybridized carbons (Fsp3) is 0.241. The van der Waals surface area contributed by atoms with Gasteiger partial charge in [0.05, 0.1) is 17.4 Å². The first-order chi connectivity index (χ1) is 20.2. The zero-order valence-electron chi connectivity index (χ0n) is 23.0. The molecule has 3 aromatic heterocycles. The largest absolute Gasteiger partial charge is 0.420 e. The van der Waals surface area contributed by atoms with Crippen molar-refractivity contribution in [3.8, 4) is 16.9 Å². The molecular weight excluding hydrogens is 548 g/mol. The summed E-state index contributed by atoms with van der Waals surface area (Å²) in [6.45, 7) is 4.57. The molecule has 0 unspecified atom stereocenters. The molecule has 42 heavy (non-hydrogen) atoms. The molecule has 13 heteroatoms. The lowest BCUT2D eigenvalue weighted by atomic mass is 10.0. The Hall–Kier alpha value is -4.88. The van der Waals surface area contributed by atoms with E-state index in [-0.39, 0.29) is 0 Å². The van der Waals surface area contributed by atoms with Gasteiger partial charge in [0.15, 0.2) is 22.9 Å². The number of hydroxylamine groups is 2. The quantitative estimate of drug-likeness (QED) is 0.307. The summed E-state index contributed by atoms with van der Waals surface area (Å²) in [7, 11) is 1.57. The SMILES string of the molecule is CCN1C[C@@H](NC(=O)Nc2c(C)c(-c3cnc4c(c3)oc(=O)n4C)nn2-c2ccccc2)[C@H](c2ccc(F)c(F)c2)O1. The summed E-state index contributed by atoms with van der Waals surface area (Å²) in [5, 5.41) is 12.3. The summed E-state index contributed by atoms with van der Waals surface area (Å²) in [6.07, 6.45) is 0.868. The van der Waals surface area contributed by atoms with Crippen molar-refractivity contribution < 1.29 is 22.8 Å². The molecule has 1 aliphatic heterocycles. The molecular formula is C29H27F2N7O4. The summed E-state index contributed by atoms with van der Waals surface area (Å²) in [5.41, 5.74) is 3.57. The van der Waals surface area contributed by atoms with Crippen LogP contribution in [-0.4, -0.2) is 49.6 Å². The van der Waals surface area contributed by atoms with E-state index < -0.39 is 35.6 Å². The molecule has 216 valence electrons. The van der Waals surface area contributed by atoms with Crippen molar-refractivity contribution in [1.29, 1.82) is 0 Å². The number of carbonyl (C=O) groups is 1. The predicted molar refractivity (Wildman–Crippen MR) is 150 cm³/mol. The average molecular weight is 576 g/mol. The second kappa shape index (κ2) is 10.8. The highest BCUT2D eigenvalue weighted by molar-refractivity contribution is 5.91. The number of likely N-dealkylation sites (N-methyl/N-ethyl adjacent to an activating group) is 1. The van der Waals surface area contributed by atoms with E-state index in [0.29, 0.717) is 58.2 Å². The first-order valence-corrected chi connectivity index (χ1v) is 13.3. The summed E-state index contributed by atoms with van der Waals surface area (Å²) < 4.78 is 35.8. The molecule has 0 bridgehead atoms. The van der Waals surface area contributed by atoms with Crippen LogP contribution in [-0.2, 0) is 11.9 Å². The molecule has 0 radical (unpaired) electrons. The molecule has 2 amide bonds. The molecule has 2 aromatic carbocycles. The number of nitrogens with zero attached hydrogens (tertiary/aromatic N) is 5. The van der Waals surface area contributed by atoms with Crippen LogP contribution in [0.15, 0.2) is 70.0 Å². The van der Waals surface area contributed by atoms with Crippen molar-refractivity contribution >= 4 is 23.1 Å². The lowest BCUT2D eigenvalue weighted by molar-refractivity contribution is -0.144. The number of benzene rings is 2. The molecule has 1 fully saturated rings. The van der Waals surface area contributed by atoms with Gasteiger partial charge in [0, 0.05) is 37.5 Å². The van der Waals surface area contributed by atoms with Crippen LogP contribution in [0.1, 0.15) is 24.2 Å². The van der Waals surface area contributed by atoms with Crippen molar-refractivity contribution in [1.82, 2.24) is 29.7 Å². The number of rotatable bonds is 6. The van der Waals surface area contributed by atoms with Crippen LogP contribution >= 0.6 is 0 Å². The number of oxazole rings is 1. The van der Waals surface area contributed by atoms with Gasteiger partial charge in [-0.2, -0.15) is 10.2 Å². The molecule has 4 heterocycles. The number of amides is 2. The number of aryl methyl sites for hydroxylation is 1. The van der Waals surface area contributed by atoms with Gasteiger partial charge in [-0.15, -0.1) is 0 Å². The number of hydrogen-bond acceptors (Lipinski definition) is 7. The maximum atomic E-state index is 14.0. The molecule has 6 rings (SSSR count). The Morgan fingerprint density at radius 2 is 1.90 bits per heavy atom. The summed E-state index contributed by atoms with van der Waals surface area (Å²) in [5.74, 6) is -2.08. The van der Waals surface area contributed by atoms with Crippen LogP contribution < -0.4 is 16.4 Å². The van der Waals surface area contributed by atoms with E-state index in [2.05, 4.69) is 15.6 Å². The van der Waals surface area contributed by atoms with E-state index in [4.69, 9.17) is 14.4 Å². The fourth-order valence-electron chi connectivity index (χ4n) is 5.03. The molecule has 11 nitrogen and oxygen atoms in total. The molecule has 0 saturated carbocycles. The molecule has 2 N–H and O–H groups in total. The second-order valence-electron chi connectivity index (χ2n) is 9.93. The van der Waals surface area contributed by atoms with Gasteiger partial charge in [-0.05, 0) is 42.8 Å². The van der Waals surface area contributed by atoms with E-state index in [1.807, 2.05) is 44.2 Å². The molecule has 5 aromatic rings. The minimum absolute atomic E-state index is 0.311. The van der Waals surface area contributed by atoms with Crippen molar-refractivity contribution in [3.63, 3.8) is 0 Å². The van der Waals surface area contributed by atoms with Gasteiger partial charge in [0.2, 0.25) is 0 Å². The maximum Gasteiger partial charge on any atom is 0.420 e. The van der Waals surface area contributed by atoms with Crippen LogP contribution in [0, 0.1) is 18.6 Å². The Balaban J connectivity index is 1.33. The van der Waals surface area contributed by atoms with E-state index in [0.717, 1.165) is 12.1 Å². The fourth-order valence-corrected chi connectivity index (χ4v) is 5.03. The van der Waals surface area contributed by atoms with Crippen LogP contribution in [0.3, 0.4) is 0 Å². The molecule has 0 aliphatic carbocycles. The first-order valence-electron chi connectivity index (χ1n) is 13.3. The highest BCUT2D eigenvalue weighted by atomic mass is 19.2. The monoisotopic (exact) mass is 575 g/mol. The summed E-state index contributed by atoms with van der Waals surface area (Å²) >= 11 is 0. The molecule has 1 saturated heterocycles. The number of aromatic nitrogens is 4. The zero-order valence-corrected chi connectivity index (χ0v) is 23.0. The number of urea groups is 1. The van der Waals surface area contributed by atoms with Crippen molar-refractivity contribution in [2.45, 2.75) is 26.0 Å². The zero-order chi connectivity index (χ0) is 29.5. The third kappa shape index (κ3) is 4.92. The van der Waals surface area contributed by atoms with E-state index in [1.165, 1.54) is 10.6 Å². The van der Waals surface area contributed by atoms with Gasteiger partial charge in [0.25, 0.3) is 0 Å². The topological polar surface area (TPSA) is 119 Å². The number of nitrogens with one attached hydrogen (secondary N) is 2. The lowest BCUT2D eigenvalue weighted by Gasteiger charge is -2.20. The predicted octanol–water partition coefficient (Wildman–Crippen LogP) is 4.46. The number of halogens is 2. The standard InChI is InChI=1S/C29H27F2N7O4/c1-4-37-15-22(25(42-37)17-10-11-20(30)21(31)12-17)33-28(39)34-26-16(2)24(35-38(26)19-8-6-5-7-9-19)18-13-23-27(32-14-18)36(3)29(40)41-23/h5-14,22,25H,4,15H2,1-3H3,(H2,33,34,39)/t22-,25+/m1/s1. The Kier molecular flexibility index (Phi) is 7.04. The minimum atomic E-state index is -0.994. The molecule has 0 spiro atoms. The summed E-state index contributed by atoms with van der Waals surface area (Å²) in [6, 6.07) is 13.4. The highest BCUT2D eigenvalue weighted by Crippen LogP contribution is 2.33. The maximum absolute atomic E-state index is 14.0. The van der Waals surface area contributed by atoms with Gasteiger partial charge < -0.3 is 9.73 Å². The van der Waals surface area contributed by atoms with Crippen LogP contribution in [0.25, 0.3) is 28.2 Å². The Morgan fingerprint density at radius 1 is 1.12 bits per heavy atom. The van der Waals surface area contributed by atoms with Crippen LogP contribution in [0.2, 0.25) is 0 Å². The van der Waals surface area contributed by atoms with Crippen molar-refractivity contribution in [2.24, 2.45) is 7.05 Å². The Morgan fingerprint density at radius 3 is 2.64 bits per heavy atom. The van der Waals surface area contributed by atoms with Gasteiger partial charge in [-0.1, -0.05) is 31.2 Å². The highest BCUT2D eigenvalue weighted by Gasteiger charge is 2.36. The lowest BCUT2D eigenvalue weighted by Crippen LogP contribution is -2.42. The number of fused-ring (bicyclic) bond motifs is 1. The minimum Gasteiger partial charge on any atom is -0.406 e. The number of para-hydroxylation sites is 1. The van der Waals surface area contributed by atoms with E-state index in [9.17, 15) is 18.4 Å². The van der Waals surface area contributed by atoms with E-state index in [1.54, 1.807) is 29.1 Å². The third-order valence-electron chi connectivity index (χ3n) is 7.22.